The minimum absolute atomic E-state index is 0.0717. The van der Waals surface area contributed by atoms with Crippen molar-refractivity contribution in [2.24, 2.45) is 0 Å². The van der Waals surface area contributed by atoms with Crippen LogP contribution in [0, 0.1) is 0 Å². The molecule has 1 saturated carbocycles. The van der Waals surface area contributed by atoms with Crippen LogP contribution in [0.5, 0.6) is 0 Å². The standard InChI is InChI=1S/C12H13BrF3NO2/c13-9-8(4-7-19-9)10(18)17-11(12(14,15)16)5-2-1-3-6-11/h4,7H,1-3,5-6H2,(H,17,18). The first-order valence-electron chi connectivity index (χ1n) is 5.98. The molecule has 1 heterocycles. The molecule has 1 aliphatic carbocycles. The van der Waals surface area contributed by atoms with Crippen LogP contribution < -0.4 is 5.32 Å². The summed E-state index contributed by atoms with van der Waals surface area (Å²) in [5.41, 5.74) is -2.03. The summed E-state index contributed by atoms with van der Waals surface area (Å²) in [5.74, 6) is -0.764. The van der Waals surface area contributed by atoms with Crippen LogP contribution in [0.1, 0.15) is 42.5 Å². The molecule has 106 valence electrons. The fourth-order valence-electron chi connectivity index (χ4n) is 2.38. The fourth-order valence-corrected chi connectivity index (χ4v) is 2.80. The maximum atomic E-state index is 13.2. The topological polar surface area (TPSA) is 42.2 Å². The number of carbonyl (C=O) groups excluding carboxylic acids is 1. The van der Waals surface area contributed by atoms with Crippen LogP contribution in [0.2, 0.25) is 0 Å². The molecule has 2 rings (SSSR count). The Morgan fingerprint density at radius 1 is 1.32 bits per heavy atom. The van der Waals surface area contributed by atoms with Gasteiger partial charge in [0, 0.05) is 0 Å². The molecule has 0 atom stereocenters. The predicted octanol–water partition coefficient (Wildman–Crippen LogP) is 4.04. The van der Waals surface area contributed by atoms with E-state index >= 15 is 0 Å². The summed E-state index contributed by atoms with van der Waals surface area (Å²) in [5, 5.41) is 2.16. The Hall–Kier alpha value is -0.980. The second kappa shape index (κ2) is 5.19. The van der Waals surface area contributed by atoms with Crippen LogP contribution in [-0.4, -0.2) is 17.6 Å². The van der Waals surface area contributed by atoms with Crippen LogP contribution in [0.3, 0.4) is 0 Å². The fraction of sp³-hybridized carbons (Fsp3) is 0.583. The van der Waals surface area contributed by atoms with E-state index in [1.165, 1.54) is 12.3 Å². The van der Waals surface area contributed by atoms with E-state index in [0.29, 0.717) is 12.8 Å². The second-order valence-corrected chi connectivity index (χ2v) is 5.42. The minimum atomic E-state index is -4.45. The number of alkyl halides is 3. The molecule has 0 spiro atoms. The number of hydrogen-bond donors (Lipinski definition) is 1. The van der Waals surface area contributed by atoms with Crippen LogP contribution in [-0.2, 0) is 0 Å². The summed E-state index contributed by atoms with van der Waals surface area (Å²) < 4.78 is 44.8. The van der Waals surface area contributed by atoms with Crippen molar-refractivity contribution in [3.8, 4) is 0 Å². The molecule has 0 aromatic carbocycles. The van der Waals surface area contributed by atoms with E-state index in [2.05, 4.69) is 21.2 Å². The van der Waals surface area contributed by atoms with Gasteiger partial charge in [-0.2, -0.15) is 13.2 Å². The maximum Gasteiger partial charge on any atom is 0.411 e. The smallest absolute Gasteiger partial charge is 0.411 e. The second-order valence-electron chi connectivity index (χ2n) is 4.70. The zero-order valence-electron chi connectivity index (χ0n) is 10.0. The van der Waals surface area contributed by atoms with Gasteiger partial charge >= 0.3 is 6.18 Å². The van der Waals surface area contributed by atoms with E-state index in [9.17, 15) is 18.0 Å². The van der Waals surface area contributed by atoms with E-state index in [4.69, 9.17) is 4.42 Å². The van der Waals surface area contributed by atoms with Crippen molar-refractivity contribution in [2.75, 3.05) is 0 Å². The Kier molecular flexibility index (Phi) is 3.94. The van der Waals surface area contributed by atoms with Crippen LogP contribution in [0.15, 0.2) is 21.4 Å². The Bertz CT molecular complexity index is 464. The van der Waals surface area contributed by atoms with E-state index in [0.717, 1.165) is 6.42 Å². The highest BCUT2D eigenvalue weighted by Gasteiger charge is 2.55. The quantitative estimate of drug-likeness (QED) is 0.883. The van der Waals surface area contributed by atoms with Crippen molar-refractivity contribution in [1.29, 1.82) is 0 Å². The summed E-state index contributed by atoms with van der Waals surface area (Å²) in [7, 11) is 0. The van der Waals surface area contributed by atoms with E-state index in [1.54, 1.807) is 0 Å². The first-order valence-corrected chi connectivity index (χ1v) is 6.77. The van der Waals surface area contributed by atoms with E-state index in [-0.39, 0.29) is 23.1 Å². The van der Waals surface area contributed by atoms with Gasteiger partial charge in [-0.15, -0.1) is 0 Å². The normalized spacial score (nSPS) is 19.2. The number of amides is 1. The van der Waals surface area contributed by atoms with Gasteiger partial charge in [0.25, 0.3) is 5.91 Å². The van der Waals surface area contributed by atoms with Gasteiger partial charge in [0.1, 0.15) is 5.54 Å². The summed E-state index contributed by atoms with van der Waals surface area (Å²) in [4.78, 5) is 11.9. The number of halogens is 4. The zero-order chi connectivity index (χ0) is 14.1. The first-order chi connectivity index (χ1) is 8.86. The van der Waals surface area contributed by atoms with Gasteiger partial charge in [-0.1, -0.05) is 19.3 Å². The summed E-state index contributed by atoms with van der Waals surface area (Å²) in [6, 6.07) is 1.34. The van der Waals surface area contributed by atoms with Crippen molar-refractivity contribution in [3.63, 3.8) is 0 Å². The molecule has 19 heavy (non-hydrogen) atoms. The molecule has 1 N–H and O–H groups in total. The maximum absolute atomic E-state index is 13.2. The lowest BCUT2D eigenvalue weighted by molar-refractivity contribution is -0.201. The minimum Gasteiger partial charge on any atom is -0.457 e. The van der Waals surface area contributed by atoms with Gasteiger partial charge in [-0.3, -0.25) is 4.79 Å². The summed E-state index contributed by atoms with van der Waals surface area (Å²) >= 11 is 2.99. The number of rotatable bonds is 2. The molecule has 1 aromatic heterocycles. The average molecular weight is 340 g/mol. The lowest BCUT2D eigenvalue weighted by Crippen LogP contribution is -2.59. The third-order valence-electron chi connectivity index (χ3n) is 3.47. The van der Waals surface area contributed by atoms with Gasteiger partial charge in [-0.05, 0) is 34.8 Å². The molecule has 0 aliphatic heterocycles. The summed E-state index contributed by atoms with van der Waals surface area (Å²) in [6.45, 7) is 0. The van der Waals surface area contributed by atoms with Gasteiger partial charge in [-0.25, -0.2) is 0 Å². The Morgan fingerprint density at radius 2 is 1.95 bits per heavy atom. The molecule has 0 saturated heterocycles. The van der Waals surface area contributed by atoms with Crippen LogP contribution in [0.25, 0.3) is 0 Å². The molecule has 1 aromatic rings. The van der Waals surface area contributed by atoms with Gasteiger partial charge in [0.05, 0.1) is 11.8 Å². The highest BCUT2D eigenvalue weighted by molar-refractivity contribution is 9.10. The summed E-state index contributed by atoms with van der Waals surface area (Å²) in [6.07, 6.45) is -1.64. The number of hydrogen-bond acceptors (Lipinski definition) is 2. The third-order valence-corrected chi connectivity index (χ3v) is 4.08. The molecule has 7 heteroatoms. The lowest BCUT2D eigenvalue weighted by Gasteiger charge is -2.39. The van der Waals surface area contributed by atoms with E-state index < -0.39 is 17.6 Å². The molecule has 0 bridgehead atoms. The Balaban J connectivity index is 2.22. The zero-order valence-corrected chi connectivity index (χ0v) is 11.6. The van der Waals surface area contributed by atoms with Crippen molar-refractivity contribution in [3.05, 3.63) is 22.6 Å². The molecule has 0 unspecified atom stereocenters. The number of furan rings is 1. The highest BCUT2D eigenvalue weighted by atomic mass is 79.9. The number of carbonyl (C=O) groups is 1. The van der Waals surface area contributed by atoms with Gasteiger partial charge < -0.3 is 9.73 Å². The molecule has 3 nitrogen and oxygen atoms in total. The van der Waals surface area contributed by atoms with Crippen molar-refractivity contribution >= 4 is 21.8 Å². The van der Waals surface area contributed by atoms with E-state index in [1.807, 2.05) is 0 Å². The Labute approximate surface area is 116 Å². The molecular formula is C12H13BrF3NO2. The molecular weight excluding hydrogens is 327 g/mol. The van der Waals surface area contributed by atoms with Crippen molar-refractivity contribution in [1.82, 2.24) is 5.32 Å². The number of nitrogens with one attached hydrogen (secondary N) is 1. The SMILES string of the molecule is O=C(NC1(C(F)(F)F)CCCCC1)c1ccoc1Br. The monoisotopic (exact) mass is 339 g/mol. The predicted molar refractivity (Wildman–Crippen MR) is 65.7 cm³/mol. The molecule has 1 amide bonds. The Morgan fingerprint density at radius 3 is 2.42 bits per heavy atom. The third kappa shape index (κ3) is 2.80. The van der Waals surface area contributed by atoms with Crippen molar-refractivity contribution < 1.29 is 22.4 Å². The van der Waals surface area contributed by atoms with Gasteiger partial charge in [0.15, 0.2) is 4.67 Å². The van der Waals surface area contributed by atoms with Crippen LogP contribution >= 0.6 is 15.9 Å². The van der Waals surface area contributed by atoms with Gasteiger partial charge in [0.2, 0.25) is 0 Å². The molecule has 1 fully saturated rings. The highest BCUT2D eigenvalue weighted by Crippen LogP contribution is 2.41. The molecule has 0 radical (unpaired) electrons. The average Bonchev–Trinajstić information content (AvgIpc) is 2.75. The van der Waals surface area contributed by atoms with Crippen LogP contribution in [0.4, 0.5) is 13.2 Å². The van der Waals surface area contributed by atoms with Crippen molar-refractivity contribution in [2.45, 2.75) is 43.8 Å². The lowest BCUT2D eigenvalue weighted by atomic mass is 9.81. The first kappa shape index (κ1) is 14.4. The largest absolute Gasteiger partial charge is 0.457 e. The molecule has 1 aliphatic rings.